The molecule has 7 aromatic carbocycles. The first-order valence-corrected chi connectivity index (χ1v) is 22.3. The van der Waals surface area contributed by atoms with E-state index in [0.717, 1.165) is 89.4 Å². The van der Waals surface area contributed by atoms with E-state index in [9.17, 15) is 0 Å². The van der Waals surface area contributed by atoms with E-state index in [1.54, 1.807) is 0 Å². The molecule has 11 aromatic rings. The highest BCUT2D eigenvalue weighted by Crippen LogP contribution is 2.38. The van der Waals surface area contributed by atoms with E-state index in [0.29, 0.717) is 18.2 Å². The van der Waals surface area contributed by atoms with Crippen LogP contribution in [-0.2, 0) is 6.54 Å². The summed E-state index contributed by atoms with van der Waals surface area (Å²) in [5.41, 5.74) is 20.4. The fourth-order valence-corrected chi connectivity index (χ4v) is 8.59. The molecule has 4 aromatic heterocycles. The van der Waals surface area contributed by atoms with Crippen LogP contribution in [0.2, 0.25) is 0 Å². The monoisotopic (exact) mass is 857 g/mol. The number of furan rings is 1. The van der Waals surface area contributed by atoms with Gasteiger partial charge in [-0.3, -0.25) is 9.98 Å². The third kappa shape index (κ3) is 7.97. The number of aliphatic imine (C=N–C) groups is 2. The molecule has 8 nitrogen and oxygen atoms in total. The van der Waals surface area contributed by atoms with E-state index >= 15 is 0 Å². The number of aromatic nitrogens is 3. The van der Waals surface area contributed by atoms with Crippen molar-refractivity contribution < 1.29 is 4.42 Å². The standard InChI is InChI=1S/C56H41N7O.C2H6/c1-62(53-24-12-18-42(60-53)36-59-56(40-16-6-3-7-17-40)61-55(57)39-14-4-2-5-15-39)48-21-10-8-19-44(48)38-27-25-37(26-28-38)41-29-32-50-47(34-41)45-20-9-11-22-49(45)63(50)43-30-31-46-52(35-43)64-51-23-13-33-58-54(46)51;1-2/h2-35H,36H2,1H3,(H2,57,59,61);1-2H3. The van der Waals surface area contributed by atoms with Gasteiger partial charge >= 0.3 is 0 Å². The molecular weight excluding hydrogens is 811 g/mol. The van der Waals surface area contributed by atoms with Crippen molar-refractivity contribution in [2.45, 2.75) is 20.4 Å². The highest BCUT2D eigenvalue weighted by atomic mass is 16.3. The molecule has 0 spiro atoms. The van der Waals surface area contributed by atoms with Crippen molar-refractivity contribution in [3.8, 4) is 27.9 Å². The minimum absolute atomic E-state index is 0.336. The summed E-state index contributed by atoms with van der Waals surface area (Å²) < 4.78 is 8.56. The summed E-state index contributed by atoms with van der Waals surface area (Å²) >= 11 is 0. The number of benzene rings is 7. The van der Waals surface area contributed by atoms with Gasteiger partial charge in [0.1, 0.15) is 22.8 Å². The predicted molar refractivity (Wildman–Crippen MR) is 274 cm³/mol. The number of amidine groups is 2. The maximum absolute atomic E-state index is 6.45. The molecule has 0 saturated heterocycles. The lowest BCUT2D eigenvalue weighted by Crippen LogP contribution is -2.16. The van der Waals surface area contributed by atoms with Gasteiger partial charge in [-0.15, -0.1) is 0 Å². The number of hydrogen-bond donors (Lipinski definition) is 1. The quantitative estimate of drug-likeness (QED) is 0.115. The lowest BCUT2D eigenvalue weighted by molar-refractivity contribution is 0.668. The van der Waals surface area contributed by atoms with Crippen LogP contribution in [0.4, 0.5) is 11.5 Å². The first-order chi connectivity index (χ1) is 32.6. The van der Waals surface area contributed by atoms with Gasteiger partial charge in [0.2, 0.25) is 0 Å². The Morgan fingerprint density at radius 2 is 1.29 bits per heavy atom. The third-order valence-corrected chi connectivity index (χ3v) is 11.8. The van der Waals surface area contributed by atoms with Crippen molar-refractivity contribution in [3.63, 3.8) is 0 Å². The molecule has 0 atom stereocenters. The summed E-state index contributed by atoms with van der Waals surface area (Å²) in [5.74, 6) is 1.78. The lowest BCUT2D eigenvalue weighted by atomic mass is 9.98. The molecule has 4 heterocycles. The van der Waals surface area contributed by atoms with Crippen LogP contribution in [0.1, 0.15) is 30.7 Å². The molecule has 66 heavy (non-hydrogen) atoms. The zero-order chi connectivity index (χ0) is 45.0. The van der Waals surface area contributed by atoms with E-state index in [4.69, 9.17) is 25.1 Å². The van der Waals surface area contributed by atoms with Gasteiger partial charge in [0, 0.05) is 63.5 Å². The maximum Gasteiger partial charge on any atom is 0.157 e. The van der Waals surface area contributed by atoms with Crippen molar-refractivity contribution in [3.05, 3.63) is 223 Å². The van der Waals surface area contributed by atoms with Crippen LogP contribution in [0.5, 0.6) is 0 Å². The minimum atomic E-state index is 0.336. The number of hydrogen-bond acceptors (Lipinski definition) is 5. The van der Waals surface area contributed by atoms with Crippen LogP contribution in [0.3, 0.4) is 0 Å². The van der Waals surface area contributed by atoms with Crippen LogP contribution >= 0.6 is 0 Å². The van der Waals surface area contributed by atoms with Crippen LogP contribution < -0.4 is 10.6 Å². The van der Waals surface area contributed by atoms with Gasteiger partial charge in [-0.25, -0.2) is 9.98 Å². The molecule has 0 radical (unpaired) electrons. The van der Waals surface area contributed by atoms with E-state index in [1.807, 2.05) is 111 Å². The highest BCUT2D eigenvalue weighted by Gasteiger charge is 2.17. The second-order valence-electron chi connectivity index (χ2n) is 15.7. The van der Waals surface area contributed by atoms with Gasteiger partial charge in [-0.2, -0.15) is 0 Å². The largest absolute Gasteiger partial charge is 0.454 e. The van der Waals surface area contributed by atoms with Gasteiger partial charge in [0.15, 0.2) is 11.4 Å². The smallest absolute Gasteiger partial charge is 0.157 e. The summed E-state index contributed by atoms with van der Waals surface area (Å²) in [6.45, 7) is 4.34. The number of nitrogens with zero attached hydrogens (tertiary/aromatic N) is 6. The number of pyridine rings is 2. The molecule has 0 aliphatic carbocycles. The summed E-state index contributed by atoms with van der Waals surface area (Å²) in [6.07, 6.45) is 1.81. The maximum atomic E-state index is 6.45. The van der Waals surface area contributed by atoms with E-state index in [-0.39, 0.29) is 0 Å². The second kappa shape index (κ2) is 18.2. The number of rotatable bonds is 9. The molecule has 0 fully saturated rings. The summed E-state index contributed by atoms with van der Waals surface area (Å²) in [7, 11) is 2.06. The van der Waals surface area contributed by atoms with E-state index < -0.39 is 0 Å². The molecule has 0 saturated carbocycles. The topological polar surface area (TPSA) is 97.8 Å². The molecule has 2 N–H and O–H groups in total. The molecule has 0 aliphatic rings. The molecular formula is C58H47N7O. The average molecular weight is 858 g/mol. The van der Waals surface area contributed by atoms with Crippen LogP contribution in [0.15, 0.2) is 221 Å². The fourth-order valence-electron chi connectivity index (χ4n) is 8.59. The van der Waals surface area contributed by atoms with Gasteiger partial charge in [-0.1, -0.05) is 147 Å². The third-order valence-electron chi connectivity index (χ3n) is 11.8. The number of para-hydroxylation sites is 2. The van der Waals surface area contributed by atoms with Crippen molar-refractivity contribution in [1.82, 2.24) is 14.5 Å². The van der Waals surface area contributed by atoms with Crippen molar-refractivity contribution in [2.75, 3.05) is 11.9 Å². The summed E-state index contributed by atoms with van der Waals surface area (Å²) in [4.78, 5) is 21.4. The van der Waals surface area contributed by atoms with Gasteiger partial charge in [0.05, 0.1) is 23.3 Å². The molecule has 0 unspecified atom stereocenters. The Bertz CT molecular complexity index is 3550. The Morgan fingerprint density at radius 1 is 0.591 bits per heavy atom. The second-order valence-corrected chi connectivity index (χ2v) is 15.7. The summed E-state index contributed by atoms with van der Waals surface area (Å²) in [6, 6.07) is 68.6. The minimum Gasteiger partial charge on any atom is -0.454 e. The molecule has 320 valence electrons. The van der Waals surface area contributed by atoms with Crippen LogP contribution in [0.25, 0.3) is 71.8 Å². The first-order valence-electron chi connectivity index (χ1n) is 22.3. The normalized spacial score (nSPS) is 11.9. The van der Waals surface area contributed by atoms with E-state index in [1.165, 1.54) is 10.8 Å². The molecule has 11 rings (SSSR count). The van der Waals surface area contributed by atoms with Gasteiger partial charge < -0.3 is 19.6 Å². The Balaban J connectivity index is 0.00000252. The Kier molecular flexibility index (Phi) is 11.4. The van der Waals surface area contributed by atoms with Crippen LogP contribution in [-0.4, -0.2) is 33.3 Å². The van der Waals surface area contributed by atoms with Crippen molar-refractivity contribution in [1.29, 1.82) is 0 Å². The van der Waals surface area contributed by atoms with Crippen LogP contribution in [0, 0.1) is 0 Å². The Morgan fingerprint density at radius 3 is 2.11 bits per heavy atom. The Hall–Kier alpha value is -8.62. The van der Waals surface area contributed by atoms with Crippen molar-refractivity contribution >= 4 is 67.1 Å². The zero-order valence-corrected chi connectivity index (χ0v) is 37.0. The molecule has 8 heteroatoms. The number of nitrogens with two attached hydrogens (primary N) is 1. The zero-order valence-electron chi connectivity index (χ0n) is 37.0. The van der Waals surface area contributed by atoms with Crippen molar-refractivity contribution in [2.24, 2.45) is 15.7 Å². The first kappa shape index (κ1) is 41.4. The predicted octanol–water partition coefficient (Wildman–Crippen LogP) is 14.0. The number of fused-ring (bicyclic) bond motifs is 6. The Labute approximate surface area is 383 Å². The van der Waals surface area contributed by atoms with E-state index in [2.05, 4.69) is 131 Å². The number of anilines is 2. The average Bonchev–Trinajstić information content (AvgIpc) is 3.93. The van der Waals surface area contributed by atoms with Gasteiger partial charge in [0.25, 0.3) is 0 Å². The fraction of sp³-hybridized carbons (Fsp3) is 0.0690. The molecule has 0 amide bonds. The highest BCUT2D eigenvalue weighted by molar-refractivity contribution is 6.12. The molecule has 0 aliphatic heterocycles. The van der Waals surface area contributed by atoms with Gasteiger partial charge in [-0.05, 0) is 77.4 Å². The summed E-state index contributed by atoms with van der Waals surface area (Å²) in [5, 5.41) is 3.40. The molecule has 0 bridgehead atoms. The lowest BCUT2D eigenvalue weighted by Gasteiger charge is -2.22. The SMILES string of the molecule is CC.CN(c1cccc(CN=C(N=C(N)c2ccccc2)c2ccccc2)n1)c1ccccc1-c1ccc(-c2ccc3c(c2)c2ccccc2n3-c2ccc3c(c2)oc2cccnc23)cc1.